The minimum absolute atomic E-state index is 0.755. The molecule has 0 aliphatic rings. The SMILES string of the molecule is CN(CCCCl)CCCCl. The van der Waals surface area contributed by atoms with Gasteiger partial charge in [0.2, 0.25) is 0 Å². The van der Waals surface area contributed by atoms with Gasteiger partial charge in [-0.3, -0.25) is 0 Å². The largest absolute Gasteiger partial charge is 0.306 e. The quantitative estimate of drug-likeness (QED) is 0.572. The minimum Gasteiger partial charge on any atom is -0.306 e. The van der Waals surface area contributed by atoms with Crippen LogP contribution in [0.2, 0.25) is 0 Å². The first-order valence-corrected chi connectivity index (χ1v) is 4.68. The number of hydrogen-bond acceptors (Lipinski definition) is 1. The third kappa shape index (κ3) is 6.66. The van der Waals surface area contributed by atoms with E-state index in [2.05, 4.69) is 11.9 Å². The fourth-order valence-electron chi connectivity index (χ4n) is 0.771. The Balaban J connectivity index is 3.00. The summed E-state index contributed by atoms with van der Waals surface area (Å²) in [4.78, 5) is 2.25. The second-order valence-corrected chi connectivity index (χ2v) is 3.14. The van der Waals surface area contributed by atoms with Gasteiger partial charge in [0.15, 0.2) is 0 Å². The lowest BCUT2D eigenvalue weighted by molar-refractivity contribution is 0.337. The molecule has 0 aliphatic carbocycles. The third-order valence-electron chi connectivity index (χ3n) is 1.35. The van der Waals surface area contributed by atoms with Crippen molar-refractivity contribution in [2.75, 3.05) is 31.9 Å². The molecule has 0 heterocycles. The summed E-state index contributed by atoms with van der Waals surface area (Å²) in [5.74, 6) is 1.51. The molecule has 0 fully saturated rings. The molecule has 62 valence electrons. The monoisotopic (exact) mass is 183 g/mol. The van der Waals surface area contributed by atoms with Gasteiger partial charge < -0.3 is 4.90 Å². The zero-order valence-corrected chi connectivity index (χ0v) is 7.96. The van der Waals surface area contributed by atoms with Crippen LogP contribution >= 0.6 is 23.2 Å². The molecule has 0 bridgehead atoms. The van der Waals surface area contributed by atoms with Gasteiger partial charge in [0, 0.05) is 11.8 Å². The first-order valence-electron chi connectivity index (χ1n) is 3.61. The molecule has 1 nitrogen and oxygen atoms in total. The van der Waals surface area contributed by atoms with Crippen molar-refractivity contribution in [1.82, 2.24) is 4.90 Å². The fourth-order valence-corrected chi connectivity index (χ4v) is 1.01. The van der Waals surface area contributed by atoms with Crippen molar-refractivity contribution in [2.24, 2.45) is 0 Å². The Labute approximate surface area is 73.3 Å². The standard InChI is InChI=1S/C7H15Cl2N/c1-10(6-2-4-8)7-3-5-9/h2-7H2,1H3. The maximum Gasteiger partial charge on any atom is 0.0235 e. The second-order valence-electron chi connectivity index (χ2n) is 2.39. The maximum absolute atomic E-state index is 5.53. The van der Waals surface area contributed by atoms with Crippen molar-refractivity contribution in [1.29, 1.82) is 0 Å². The highest BCUT2D eigenvalue weighted by molar-refractivity contribution is 6.18. The normalized spacial score (nSPS) is 10.8. The lowest BCUT2D eigenvalue weighted by Crippen LogP contribution is -2.21. The van der Waals surface area contributed by atoms with E-state index in [1.54, 1.807) is 0 Å². The van der Waals surface area contributed by atoms with Crippen LogP contribution in [0, 0.1) is 0 Å². The molecule has 0 amide bonds. The summed E-state index contributed by atoms with van der Waals surface area (Å²) in [5.41, 5.74) is 0. The average molecular weight is 184 g/mol. The summed E-state index contributed by atoms with van der Waals surface area (Å²) in [6.45, 7) is 2.17. The zero-order valence-electron chi connectivity index (χ0n) is 6.45. The van der Waals surface area contributed by atoms with E-state index in [0.29, 0.717) is 0 Å². The van der Waals surface area contributed by atoms with Gasteiger partial charge in [-0.1, -0.05) is 0 Å². The van der Waals surface area contributed by atoms with Gasteiger partial charge in [-0.15, -0.1) is 23.2 Å². The van der Waals surface area contributed by atoms with Gasteiger partial charge in [-0.05, 0) is 33.0 Å². The predicted octanol–water partition coefficient (Wildman–Crippen LogP) is 2.18. The van der Waals surface area contributed by atoms with Crippen LogP contribution in [0.25, 0.3) is 0 Å². The summed E-state index contributed by atoms with van der Waals surface area (Å²) in [6.07, 6.45) is 2.14. The first-order chi connectivity index (χ1) is 4.81. The Bertz CT molecular complexity index is 60.6. The van der Waals surface area contributed by atoms with Crippen molar-refractivity contribution in [3.63, 3.8) is 0 Å². The Morgan fingerprint density at radius 3 is 1.70 bits per heavy atom. The van der Waals surface area contributed by atoms with Crippen LogP contribution < -0.4 is 0 Å². The smallest absolute Gasteiger partial charge is 0.0235 e. The second kappa shape index (κ2) is 7.64. The van der Waals surface area contributed by atoms with E-state index < -0.39 is 0 Å². The van der Waals surface area contributed by atoms with E-state index in [1.807, 2.05) is 0 Å². The van der Waals surface area contributed by atoms with Crippen molar-refractivity contribution in [3.05, 3.63) is 0 Å². The van der Waals surface area contributed by atoms with Gasteiger partial charge >= 0.3 is 0 Å². The molecule has 0 N–H and O–H groups in total. The van der Waals surface area contributed by atoms with Crippen molar-refractivity contribution >= 4 is 23.2 Å². The Hall–Kier alpha value is 0.540. The minimum atomic E-state index is 0.755. The van der Waals surface area contributed by atoms with E-state index in [9.17, 15) is 0 Å². The van der Waals surface area contributed by atoms with Crippen LogP contribution in [-0.4, -0.2) is 36.8 Å². The molecular formula is C7H15Cl2N. The maximum atomic E-state index is 5.53. The molecular weight excluding hydrogens is 169 g/mol. The van der Waals surface area contributed by atoms with Gasteiger partial charge in [-0.2, -0.15) is 0 Å². The topological polar surface area (TPSA) is 3.24 Å². The summed E-state index contributed by atoms with van der Waals surface area (Å²) >= 11 is 11.1. The first kappa shape index (κ1) is 10.5. The Morgan fingerprint density at radius 2 is 1.40 bits per heavy atom. The van der Waals surface area contributed by atoms with E-state index >= 15 is 0 Å². The predicted molar refractivity (Wildman–Crippen MR) is 48.2 cm³/mol. The van der Waals surface area contributed by atoms with Gasteiger partial charge in [0.1, 0.15) is 0 Å². The average Bonchev–Trinajstić information content (AvgIpc) is 1.97. The summed E-state index contributed by atoms with van der Waals surface area (Å²) in [5, 5.41) is 0. The molecule has 0 aliphatic heterocycles. The van der Waals surface area contributed by atoms with Crippen LogP contribution in [0.4, 0.5) is 0 Å². The molecule has 0 spiro atoms. The number of halogens is 2. The number of rotatable bonds is 6. The zero-order chi connectivity index (χ0) is 7.82. The Kier molecular flexibility index (Phi) is 8.06. The molecule has 0 aromatic heterocycles. The fraction of sp³-hybridized carbons (Fsp3) is 1.00. The third-order valence-corrected chi connectivity index (χ3v) is 1.88. The van der Waals surface area contributed by atoms with E-state index in [0.717, 1.165) is 37.7 Å². The molecule has 10 heavy (non-hydrogen) atoms. The Morgan fingerprint density at radius 1 is 1.00 bits per heavy atom. The van der Waals surface area contributed by atoms with Gasteiger partial charge in [-0.25, -0.2) is 0 Å². The highest BCUT2D eigenvalue weighted by atomic mass is 35.5. The van der Waals surface area contributed by atoms with E-state index in [1.165, 1.54) is 0 Å². The van der Waals surface area contributed by atoms with Crippen molar-refractivity contribution in [2.45, 2.75) is 12.8 Å². The lowest BCUT2D eigenvalue weighted by atomic mass is 10.4. The molecule has 0 aromatic rings. The summed E-state index contributed by atoms with van der Waals surface area (Å²) in [7, 11) is 2.10. The van der Waals surface area contributed by atoms with E-state index in [-0.39, 0.29) is 0 Å². The highest BCUT2D eigenvalue weighted by Gasteiger charge is 1.95. The van der Waals surface area contributed by atoms with Gasteiger partial charge in [0.05, 0.1) is 0 Å². The molecule has 0 radical (unpaired) electrons. The summed E-state index contributed by atoms with van der Waals surface area (Å²) in [6, 6.07) is 0. The van der Waals surface area contributed by atoms with Crippen molar-refractivity contribution < 1.29 is 0 Å². The molecule has 0 saturated heterocycles. The van der Waals surface area contributed by atoms with Crippen LogP contribution in [-0.2, 0) is 0 Å². The van der Waals surface area contributed by atoms with Crippen molar-refractivity contribution in [3.8, 4) is 0 Å². The lowest BCUT2D eigenvalue weighted by Gasteiger charge is -2.14. The van der Waals surface area contributed by atoms with Crippen LogP contribution in [0.1, 0.15) is 12.8 Å². The van der Waals surface area contributed by atoms with Crippen LogP contribution in [0.3, 0.4) is 0 Å². The van der Waals surface area contributed by atoms with Crippen LogP contribution in [0.5, 0.6) is 0 Å². The van der Waals surface area contributed by atoms with Gasteiger partial charge in [0.25, 0.3) is 0 Å². The molecule has 0 saturated carbocycles. The molecule has 0 unspecified atom stereocenters. The summed E-state index contributed by atoms with van der Waals surface area (Å²) < 4.78 is 0. The molecule has 0 aromatic carbocycles. The molecule has 3 heteroatoms. The number of alkyl halides is 2. The van der Waals surface area contributed by atoms with E-state index in [4.69, 9.17) is 23.2 Å². The van der Waals surface area contributed by atoms with Crippen LogP contribution in [0.15, 0.2) is 0 Å². The number of nitrogens with zero attached hydrogens (tertiary/aromatic N) is 1. The number of hydrogen-bond donors (Lipinski definition) is 0. The molecule has 0 rings (SSSR count). The highest BCUT2D eigenvalue weighted by Crippen LogP contribution is 1.93. The molecule has 0 atom stereocenters.